The first-order valence-corrected chi connectivity index (χ1v) is 11.9. The lowest BCUT2D eigenvalue weighted by Gasteiger charge is -2.30. The molecular formula is C24H25PS. The number of rotatable bonds is 6. The van der Waals surface area contributed by atoms with Gasteiger partial charge in [-0.1, -0.05) is 85.3 Å². The maximum absolute atomic E-state index is 2.35. The molecule has 0 bridgehead atoms. The number of hydrogen-bond acceptors (Lipinski definition) is 1. The second kappa shape index (κ2) is 8.89. The Hall–Kier alpha value is -1.56. The zero-order chi connectivity index (χ0) is 17.6. The molecule has 1 fully saturated rings. The summed E-state index contributed by atoms with van der Waals surface area (Å²) >= 11 is 2.04. The Bertz CT molecular complexity index is 749. The summed E-state index contributed by atoms with van der Waals surface area (Å²) in [6.45, 7) is 0. The van der Waals surface area contributed by atoms with Gasteiger partial charge in [-0.05, 0) is 55.1 Å². The summed E-state index contributed by atoms with van der Waals surface area (Å²) in [6, 6.07) is 33.4. The Labute approximate surface area is 162 Å². The highest BCUT2D eigenvalue weighted by molar-refractivity contribution is 7.99. The monoisotopic (exact) mass is 376 g/mol. The zero-order valence-electron chi connectivity index (χ0n) is 15.0. The SMILES string of the molecule is c1ccc(SC[C@@H]2CCC[C@H]2P(c2ccccc2)c2ccccc2)cc1. The van der Waals surface area contributed by atoms with Crippen LogP contribution >= 0.6 is 19.7 Å². The smallest absolute Gasteiger partial charge is 0.00720 e. The van der Waals surface area contributed by atoms with Gasteiger partial charge in [0.2, 0.25) is 0 Å². The van der Waals surface area contributed by atoms with Gasteiger partial charge in [-0.15, -0.1) is 11.8 Å². The molecule has 1 aliphatic rings. The zero-order valence-corrected chi connectivity index (χ0v) is 16.7. The Morgan fingerprint density at radius 1 is 0.692 bits per heavy atom. The van der Waals surface area contributed by atoms with E-state index in [9.17, 15) is 0 Å². The van der Waals surface area contributed by atoms with Crippen molar-refractivity contribution in [3.8, 4) is 0 Å². The largest absolute Gasteiger partial charge is 0.126 e. The third kappa shape index (κ3) is 4.22. The molecule has 26 heavy (non-hydrogen) atoms. The first-order valence-electron chi connectivity index (χ1n) is 9.49. The van der Waals surface area contributed by atoms with Crippen LogP contribution in [0.25, 0.3) is 0 Å². The van der Waals surface area contributed by atoms with E-state index in [2.05, 4.69) is 91.0 Å². The highest BCUT2D eigenvalue weighted by Crippen LogP contribution is 2.51. The van der Waals surface area contributed by atoms with E-state index in [1.54, 1.807) is 0 Å². The molecule has 0 amide bonds. The van der Waals surface area contributed by atoms with Crippen LogP contribution in [-0.4, -0.2) is 11.4 Å². The molecule has 0 heterocycles. The minimum absolute atomic E-state index is 0.285. The van der Waals surface area contributed by atoms with Crippen molar-refractivity contribution in [3.63, 3.8) is 0 Å². The lowest BCUT2D eigenvalue weighted by Crippen LogP contribution is -2.25. The normalized spacial score (nSPS) is 19.7. The predicted molar refractivity (Wildman–Crippen MR) is 117 cm³/mol. The van der Waals surface area contributed by atoms with Gasteiger partial charge in [0.25, 0.3) is 0 Å². The highest BCUT2D eigenvalue weighted by atomic mass is 32.2. The van der Waals surface area contributed by atoms with Gasteiger partial charge in [-0.3, -0.25) is 0 Å². The summed E-state index contributed by atoms with van der Waals surface area (Å²) in [6.07, 6.45) is 4.13. The molecule has 0 N–H and O–H groups in total. The van der Waals surface area contributed by atoms with Crippen LogP contribution in [-0.2, 0) is 0 Å². The lowest BCUT2D eigenvalue weighted by molar-refractivity contribution is 0.632. The number of hydrogen-bond donors (Lipinski definition) is 0. The van der Waals surface area contributed by atoms with Gasteiger partial charge in [-0.2, -0.15) is 0 Å². The van der Waals surface area contributed by atoms with Crippen LogP contribution in [0.5, 0.6) is 0 Å². The maximum atomic E-state index is 2.35. The number of thioether (sulfide) groups is 1. The molecule has 0 aromatic heterocycles. The summed E-state index contributed by atoms with van der Waals surface area (Å²) in [5.41, 5.74) is 0.797. The van der Waals surface area contributed by atoms with Gasteiger partial charge in [-0.25, -0.2) is 0 Å². The van der Waals surface area contributed by atoms with Crippen molar-refractivity contribution in [2.24, 2.45) is 5.92 Å². The van der Waals surface area contributed by atoms with Crippen LogP contribution in [0.4, 0.5) is 0 Å². The Balaban J connectivity index is 1.58. The summed E-state index contributed by atoms with van der Waals surface area (Å²) in [4.78, 5) is 1.40. The highest BCUT2D eigenvalue weighted by Gasteiger charge is 2.35. The third-order valence-electron chi connectivity index (χ3n) is 5.23. The van der Waals surface area contributed by atoms with Crippen LogP contribution in [0.2, 0.25) is 0 Å². The van der Waals surface area contributed by atoms with Gasteiger partial charge in [0, 0.05) is 10.6 Å². The molecule has 132 valence electrons. The summed E-state index contributed by atoms with van der Waals surface area (Å²) in [7, 11) is -0.285. The van der Waals surface area contributed by atoms with Crippen LogP contribution in [0.15, 0.2) is 95.9 Å². The molecule has 0 radical (unpaired) electrons. The quantitative estimate of drug-likeness (QED) is 0.371. The van der Waals surface area contributed by atoms with Gasteiger partial charge in [0.05, 0.1) is 0 Å². The van der Waals surface area contributed by atoms with E-state index in [0.29, 0.717) is 0 Å². The van der Waals surface area contributed by atoms with Crippen molar-refractivity contribution < 1.29 is 0 Å². The maximum Gasteiger partial charge on any atom is 0.00720 e. The Kier molecular flexibility index (Phi) is 6.10. The van der Waals surface area contributed by atoms with Crippen molar-refractivity contribution in [1.82, 2.24) is 0 Å². The molecule has 0 nitrogen and oxygen atoms in total. The summed E-state index contributed by atoms with van der Waals surface area (Å²) in [5, 5.41) is 3.07. The lowest BCUT2D eigenvalue weighted by atomic mass is 10.1. The average molecular weight is 377 g/mol. The second-order valence-corrected chi connectivity index (χ2v) is 10.5. The van der Waals surface area contributed by atoms with Crippen molar-refractivity contribution in [3.05, 3.63) is 91.0 Å². The molecule has 0 spiro atoms. The van der Waals surface area contributed by atoms with Crippen molar-refractivity contribution >= 4 is 30.3 Å². The minimum atomic E-state index is -0.285. The van der Waals surface area contributed by atoms with Crippen LogP contribution in [0.3, 0.4) is 0 Å². The van der Waals surface area contributed by atoms with Crippen molar-refractivity contribution in [2.45, 2.75) is 29.8 Å². The fourth-order valence-electron chi connectivity index (χ4n) is 3.98. The molecule has 0 saturated heterocycles. The second-order valence-electron chi connectivity index (χ2n) is 6.92. The Morgan fingerprint density at radius 3 is 1.81 bits per heavy atom. The molecular weight excluding hydrogens is 351 g/mol. The first-order chi connectivity index (χ1) is 12.9. The molecule has 3 aromatic rings. The van der Waals surface area contributed by atoms with Gasteiger partial charge in [0.15, 0.2) is 0 Å². The molecule has 0 unspecified atom stereocenters. The van der Waals surface area contributed by atoms with E-state index in [1.807, 2.05) is 11.8 Å². The van der Waals surface area contributed by atoms with Crippen LogP contribution in [0.1, 0.15) is 19.3 Å². The van der Waals surface area contributed by atoms with Crippen LogP contribution in [0, 0.1) is 5.92 Å². The van der Waals surface area contributed by atoms with Crippen molar-refractivity contribution in [1.29, 1.82) is 0 Å². The van der Waals surface area contributed by atoms with E-state index in [0.717, 1.165) is 11.6 Å². The molecule has 2 heteroatoms. The molecule has 1 aliphatic carbocycles. The summed E-state index contributed by atoms with van der Waals surface area (Å²) < 4.78 is 0. The predicted octanol–water partition coefficient (Wildman–Crippen LogP) is 6.08. The van der Waals surface area contributed by atoms with E-state index in [4.69, 9.17) is 0 Å². The third-order valence-corrected chi connectivity index (χ3v) is 9.48. The fourth-order valence-corrected chi connectivity index (χ4v) is 8.45. The van der Waals surface area contributed by atoms with E-state index in [1.165, 1.54) is 40.5 Å². The van der Waals surface area contributed by atoms with Crippen LogP contribution < -0.4 is 10.6 Å². The Morgan fingerprint density at radius 2 is 1.23 bits per heavy atom. The summed E-state index contributed by atoms with van der Waals surface area (Å²) in [5.74, 6) is 2.06. The molecule has 1 saturated carbocycles. The number of benzene rings is 3. The van der Waals surface area contributed by atoms with Gasteiger partial charge in [0.1, 0.15) is 0 Å². The standard InChI is InChI=1S/C24H25PS/c1-4-12-21(13-5-1)25(22-14-6-2-7-15-22)24-18-10-11-20(24)19-26-23-16-8-3-9-17-23/h1-9,12-17,20,24H,10-11,18-19H2/t20-,24+/m0/s1. The molecule has 2 atom stereocenters. The van der Waals surface area contributed by atoms with Gasteiger partial charge >= 0.3 is 0 Å². The average Bonchev–Trinajstić information content (AvgIpc) is 3.17. The topological polar surface area (TPSA) is 0 Å². The van der Waals surface area contributed by atoms with E-state index < -0.39 is 0 Å². The van der Waals surface area contributed by atoms with Crippen molar-refractivity contribution in [2.75, 3.05) is 5.75 Å². The van der Waals surface area contributed by atoms with E-state index in [-0.39, 0.29) is 7.92 Å². The molecule has 4 rings (SSSR count). The first kappa shape index (κ1) is 17.8. The fraction of sp³-hybridized carbons (Fsp3) is 0.250. The van der Waals surface area contributed by atoms with E-state index >= 15 is 0 Å². The molecule has 0 aliphatic heterocycles. The minimum Gasteiger partial charge on any atom is -0.126 e. The molecule has 3 aromatic carbocycles. The van der Waals surface area contributed by atoms with Gasteiger partial charge < -0.3 is 0 Å².